The van der Waals surface area contributed by atoms with E-state index in [9.17, 15) is 4.39 Å². The Morgan fingerprint density at radius 1 is 1.50 bits per heavy atom. The van der Waals surface area contributed by atoms with Crippen molar-refractivity contribution >= 4 is 22.2 Å². The van der Waals surface area contributed by atoms with Crippen molar-refractivity contribution in [3.05, 3.63) is 40.7 Å². The highest BCUT2D eigenvalue weighted by atomic mass is 32.1. The molecule has 1 heterocycles. The van der Waals surface area contributed by atoms with E-state index in [0.29, 0.717) is 10.8 Å². The fourth-order valence-corrected chi connectivity index (χ4v) is 1.95. The third-order valence-electron chi connectivity index (χ3n) is 1.96. The van der Waals surface area contributed by atoms with Crippen molar-refractivity contribution in [1.82, 2.24) is 4.98 Å². The molecule has 0 saturated heterocycles. The molecule has 5 heteroatoms. The van der Waals surface area contributed by atoms with Crippen LogP contribution in [0.25, 0.3) is 0 Å². The van der Waals surface area contributed by atoms with Crippen LogP contribution in [-0.2, 0) is 0 Å². The van der Waals surface area contributed by atoms with E-state index in [1.54, 1.807) is 0 Å². The van der Waals surface area contributed by atoms with Crippen molar-refractivity contribution in [1.29, 1.82) is 5.26 Å². The van der Waals surface area contributed by atoms with Gasteiger partial charge in [-0.25, -0.2) is 9.37 Å². The maximum atomic E-state index is 12.9. The number of rotatable bonds is 2. The van der Waals surface area contributed by atoms with E-state index in [4.69, 9.17) is 5.26 Å². The Kier molecular flexibility index (Phi) is 2.84. The lowest BCUT2D eigenvalue weighted by atomic mass is 10.2. The average molecular weight is 233 g/mol. The van der Waals surface area contributed by atoms with Gasteiger partial charge in [0.15, 0.2) is 5.13 Å². The largest absolute Gasteiger partial charge is 0.330 e. The molecule has 0 unspecified atom stereocenters. The first-order valence-electron chi connectivity index (χ1n) is 4.58. The Morgan fingerprint density at radius 2 is 2.31 bits per heavy atom. The van der Waals surface area contributed by atoms with Crippen molar-refractivity contribution < 1.29 is 4.39 Å². The van der Waals surface area contributed by atoms with Crippen LogP contribution in [0.1, 0.15) is 11.3 Å². The maximum absolute atomic E-state index is 12.9. The van der Waals surface area contributed by atoms with E-state index in [1.807, 2.05) is 18.4 Å². The summed E-state index contributed by atoms with van der Waals surface area (Å²) in [7, 11) is 0. The number of hydrogen-bond donors (Lipinski definition) is 1. The molecule has 0 amide bonds. The molecule has 0 aliphatic rings. The first kappa shape index (κ1) is 10.6. The second kappa shape index (κ2) is 4.29. The molecule has 0 aliphatic heterocycles. The number of nitriles is 1. The third-order valence-corrected chi connectivity index (χ3v) is 2.84. The molecular formula is C11H8FN3S. The van der Waals surface area contributed by atoms with Gasteiger partial charge in [0.1, 0.15) is 11.9 Å². The number of aryl methyl sites for hydroxylation is 1. The van der Waals surface area contributed by atoms with E-state index in [0.717, 1.165) is 5.69 Å². The standard InChI is InChI=1S/C11H8FN3S/c1-7-6-16-11(14-7)15-10-3-2-9(12)4-8(10)5-13/h2-4,6H,1H3,(H,14,15). The van der Waals surface area contributed by atoms with Gasteiger partial charge in [0, 0.05) is 5.38 Å². The SMILES string of the molecule is Cc1csc(Nc2ccc(F)cc2C#N)n1. The molecule has 1 aromatic heterocycles. The molecule has 0 spiro atoms. The molecule has 1 N–H and O–H groups in total. The minimum Gasteiger partial charge on any atom is -0.330 e. The second-order valence-electron chi connectivity index (χ2n) is 3.22. The van der Waals surface area contributed by atoms with Crippen LogP contribution >= 0.6 is 11.3 Å². The highest BCUT2D eigenvalue weighted by Gasteiger charge is 2.05. The number of anilines is 2. The molecule has 0 atom stereocenters. The highest BCUT2D eigenvalue weighted by Crippen LogP contribution is 2.23. The van der Waals surface area contributed by atoms with Crippen molar-refractivity contribution in [2.24, 2.45) is 0 Å². The number of halogens is 1. The van der Waals surface area contributed by atoms with Gasteiger partial charge in [-0.1, -0.05) is 0 Å². The van der Waals surface area contributed by atoms with Gasteiger partial charge in [-0.3, -0.25) is 0 Å². The van der Waals surface area contributed by atoms with Gasteiger partial charge >= 0.3 is 0 Å². The predicted octanol–water partition coefficient (Wildman–Crippen LogP) is 3.21. The van der Waals surface area contributed by atoms with Crippen LogP contribution in [-0.4, -0.2) is 4.98 Å². The number of nitrogens with one attached hydrogen (secondary N) is 1. The fourth-order valence-electron chi connectivity index (χ4n) is 1.24. The summed E-state index contributed by atoms with van der Waals surface area (Å²) in [6.45, 7) is 1.89. The second-order valence-corrected chi connectivity index (χ2v) is 4.08. The number of nitrogens with zero attached hydrogens (tertiary/aromatic N) is 2. The summed E-state index contributed by atoms with van der Waals surface area (Å²) in [4.78, 5) is 4.21. The van der Waals surface area contributed by atoms with Crippen LogP contribution < -0.4 is 5.32 Å². The van der Waals surface area contributed by atoms with Crippen molar-refractivity contribution in [2.75, 3.05) is 5.32 Å². The van der Waals surface area contributed by atoms with Crippen LogP contribution in [0.3, 0.4) is 0 Å². The topological polar surface area (TPSA) is 48.7 Å². The highest BCUT2D eigenvalue weighted by molar-refractivity contribution is 7.13. The Morgan fingerprint density at radius 3 is 2.94 bits per heavy atom. The Bertz CT molecular complexity index is 557. The minimum atomic E-state index is -0.419. The smallest absolute Gasteiger partial charge is 0.187 e. The normalized spacial score (nSPS) is 9.81. The minimum absolute atomic E-state index is 0.271. The summed E-state index contributed by atoms with van der Waals surface area (Å²) in [5.41, 5.74) is 1.75. The molecule has 0 aliphatic carbocycles. The van der Waals surface area contributed by atoms with Crippen molar-refractivity contribution in [2.45, 2.75) is 6.92 Å². The zero-order valence-corrected chi connectivity index (χ0v) is 9.31. The summed E-state index contributed by atoms with van der Waals surface area (Å²) < 4.78 is 12.9. The van der Waals surface area contributed by atoms with Crippen molar-refractivity contribution in [3.8, 4) is 6.07 Å². The lowest BCUT2D eigenvalue weighted by Crippen LogP contribution is -1.93. The van der Waals surface area contributed by atoms with Gasteiger partial charge in [0.05, 0.1) is 16.9 Å². The fraction of sp³-hybridized carbons (Fsp3) is 0.0909. The molecular weight excluding hydrogens is 225 g/mol. The number of hydrogen-bond acceptors (Lipinski definition) is 4. The van der Waals surface area contributed by atoms with Gasteiger partial charge in [-0.2, -0.15) is 5.26 Å². The van der Waals surface area contributed by atoms with Gasteiger partial charge in [0.25, 0.3) is 0 Å². The Labute approximate surface area is 96.2 Å². The number of thiazole rings is 1. The summed E-state index contributed by atoms with van der Waals surface area (Å²) in [6.07, 6.45) is 0. The van der Waals surface area contributed by atoms with Gasteiger partial charge < -0.3 is 5.32 Å². The lowest BCUT2D eigenvalue weighted by molar-refractivity contribution is 0.627. The Balaban J connectivity index is 2.31. The monoisotopic (exact) mass is 233 g/mol. The molecule has 2 aromatic rings. The zero-order chi connectivity index (χ0) is 11.5. The zero-order valence-electron chi connectivity index (χ0n) is 8.49. The van der Waals surface area contributed by atoms with Gasteiger partial charge in [0.2, 0.25) is 0 Å². The van der Waals surface area contributed by atoms with Gasteiger partial charge in [-0.15, -0.1) is 11.3 Å². The summed E-state index contributed by atoms with van der Waals surface area (Å²) in [5.74, 6) is -0.419. The first-order chi connectivity index (χ1) is 7.69. The van der Waals surface area contributed by atoms with E-state index in [-0.39, 0.29) is 5.56 Å². The molecule has 0 radical (unpaired) electrons. The summed E-state index contributed by atoms with van der Waals surface area (Å²) >= 11 is 1.44. The number of benzene rings is 1. The summed E-state index contributed by atoms with van der Waals surface area (Å²) in [6, 6.07) is 5.98. The summed E-state index contributed by atoms with van der Waals surface area (Å²) in [5, 5.41) is 14.4. The van der Waals surface area contributed by atoms with Gasteiger partial charge in [-0.05, 0) is 25.1 Å². The van der Waals surface area contributed by atoms with E-state index >= 15 is 0 Å². The van der Waals surface area contributed by atoms with E-state index in [2.05, 4.69) is 10.3 Å². The quantitative estimate of drug-likeness (QED) is 0.866. The third kappa shape index (κ3) is 2.18. The van der Waals surface area contributed by atoms with Crippen LogP contribution in [0.5, 0.6) is 0 Å². The van der Waals surface area contributed by atoms with Crippen LogP contribution in [0.2, 0.25) is 0 Å². The first-order valence-corrected chi connectivity index (χ1v) is 5.46. The lowest BCUT2D eigenvalue weighted by Gasteiger charge is -2.04. The molecule has 0 fully saturated rings. The van der Waals surface area contributed by atoms with Crippen LogP contribution in [0.4, 0.5) is 15.2 Å². The maximum Gasteiger partial charge on any atom is 0.187 e. The number of aromatic nitrogens is 1. The van der Waals surface area contributed by atoms with Crippen LogP contribution in [0.15, 0.2) is 23.6 Å². The van der Waals surface area contributed by atoms with E-state index < -0.39 is 5.82 Å². The molecule has 80 valence electrons. The van der Waals surface area contributed by atoms with Crippen molar-refractivity contribution in [3.63, 3.8) is 0 Å². The molecule has 16 heavy (non-hydrogen) atoms. The van der Waals surface area contributed by atoms with E-state index in [1.165, 1.54) is 29.5 Å². The molecule has 3 nitrogen and oxygen atoms in total. The molecule has 2 rings (SSSR count). The van der Waals surface area contributed by atoms with Crippen LogP contribution in [0, 0.1) is 24.1 Å². The Hall–Kier alpha value is -1.93. The molecule has 0 saturated carbocycles. The predicted molar refractivity (Wildman–Crippen MR) is 61.2 cm³/mol. The average Bonchev–Trinajstić information content (AvgIpc) is 2.67. The molecule has 0 bridgehead atoms. The molecule has 1 aromatic carbocycles.